The predicted octanol–water partition coefficient (Wildman–Crippen LogP) is 6.04. The van der Waals surface area contributed by atoms with Crippen LogP contribution in [0.25, 0.3) is 0 Å². The van der Waals surface area contributed by atoms with Gasteiger partial charge in [-0.3, -0.25) is 0 Å². The monoisotopic (exact) mass is 456 g/mol. The second kappa shape index (κ2) is 7.98. The third-order valence-electron chi connectivity index (χ3n) is 10.1. The molecule has 1 unspecified atom stereocenters. The highest BCUT2D eigenvalue weighted by Crippen LogP contribution is 2.64. The van der Waals surface area contributed by atoms with Gasteiger partial charge in [0.2, 0.25) is 0 Å². The molecule has 4 aliphatic rings. The predicted molar refractivity (Wildman–Crippen MR) is 129 cm³/mol. The fourth-order valence-electron chi connectivity index (χ4n) is 8.63. The lowest BCUT2D eigenvalue weighted by molar-refractivity contribution is -0.0387. The van der Waals surface area contributed by atoms with E-state index in [0.29, 0.717) is 22.6 Å². The molecule has 5 rings (SSSR count). The molecule has 3 fully saturated rings. The Balaban J connectivity index is 1.33. The molecule has 0 aromatic heterocycles. The number of hydrogen-bond donors (Lipinski definition) is 1. The maximum atomic E-state index is 13.1. The Morgan fingerprint density at radius 1 is 1.03 bits per heavy atom. The molecule has 32 heavy (non-hydrogen) atoms. The lowest BCUT2D eigenvalue weighted by atomic mass is 9.50. The van der Waals surface area contributed by atoms with Gasteiger partial charge in [0.15, 0.2) is 9.84 Å². The quantitative estimate of drug-likeness (QED) is 0.562. The van der Waals surface area contributed by atoms with Crippen LogP contribution in [0.1, 0.15) is 72.1 Å². The van der Waals surface area contributed by atoms with Crippen molar-refractivity contribution in [1.29, 1.82) is 0 Å². The van der Waals surface area contributed by atoms with Crippen molar-refractivity contribution in [2.45, 2.75) is 82.6 Å². The molecule has 0 amide bonds. The molecule has 0 spiro atoms. The lowest BCUT2D eigenvalue weighted by Crippen LogP contribution is -2.48. The van der Waals surface area contributed by atoms with Crippen LogP contribution in [0.2, 0.25) is 0 Å². The van der Waals surface area contributed by atoms with E-state index >= 15 is 0 Å². The third kappa shape index (κ3) is 3.79. The van der Waals surface area contributed by atoms with Crippen molar-refractivity contribution in [1.82, 2.24) is 0 Å². The Morgan fingerprint density at radius 3 is 2.53 bits per heavy atom. The Labute approximate surface area is 194 Å². The van der Waals surface area contributed by atoms with Gasteiger partial charge in [0.05, 0.1) is 16.2 Å². The largest absolute Gasteiger partial charge is 0.390 e. The first-order valence-electron chi connectivity index (χ1n) is 12.8. The van der Waals surface area contributed by atoms with E-state index in [0.717, 1.165) is 37.5 Å². The van der Waals surface area contributed by atoms with E-state index in [1.54, 1.807) is 12.1 Å². The van der Waals surface area contributed by atoms with Crippen LogP contribution in [-0.4, -0.2) is 24.9 Å². The van der Waals surface area contributed by atoms with Crippen molar-refractivity contribution in [3.63, 3.8) is 0 Å². The lowest BCUT2D eigenvalue weighted by Gasteiger charge is -2.55. The number of rotatable bonds is 4. The smallest absolute Gasteiger partial charge is 0.178 e. The van der Waals surface area contributed by atoms with Gasteiger partial charge in [-0.15, -0.1) is 0 Å². The molecule has 0 heterocycles. The number of fused-ring (bicyclic) bond motifs is 5. The number of allylic oxidation sites excluding steroid dienone is 1. The first kappa shape index (κ1) is 22.7. The fourth-order valence-corrected chi connectivity index (χ4v) is 10.3. The second-order valence-corrected chi connectivity index (χ2v) is 14.1. The average Bonchev–Trinajstić information content (AvgIpc) is 3.10. The van der Waals surface area contributed by atoms with Crippen LogP contribution in [0.4, 0.5) is 0 Å². The summed E-state index contributed by atoms with van der Waals surface area (Å²) in [5.41, 5.74) is 1.28. The molecule has 0 radical (unpaired) electrons. The van der Waals surface area contributed by atoms with Crippen molar-refractivity contribution in [3.8, 4) is 0 Å². The van der Waals surface area contributed by atoms with Crippen LogP contribution < -0.4 is 0 Å². The van der Waals surface area contributed by atoms with Crippen molar-refractivity contribution < 1.29 is 13.5 Å². The SMILES string of the molecule is C[C@H](CS(=O)(=O)c1ccccc1)[C@H]1CC[C@H]2[C@@H]3CC=C4C[C@@](C)(O)CC[C@@H]4C3CC[C@]12C. The summed E-state index contributed by atoms with van der Waals surface area (Å²) < 4.78 is 26.1. The fraction of sp³-hybridized carbons (Fsp3) is 0.714. The van der Waals surface area contributed by atoms with Crippen LogP contribution in [0.15, 0.2) is 46.9 Å². The van der Waals surface area contributed by atoms with Crippen molar-refractivity contribution >= 4 is 9.84 Å². The minimum Gasteiger partial charge on any atom is -0.390 e. The zero-order chi connectivity index (χ0) is 22.7. The van der Waals surface area contributed by atoms with Crippen molar-refractivity contribution in [2.75, 3.05) is 5.75 Å². The summed E-state index contributed by atoms with van der Waals surface area (Å²) >= 11 is 0. The van der Waals surface area contributed by atoms with Crippen LogP contribution in [0, 0.1) is 40.9 Å². The van der Waals surface area contributed by atoms with E-state index in [2.05, 4.69) is 19.9 Å². The summed E-state index contributed by atoms with van der Waals surface area (Å²) in [6.45, 7) is 6.68. The van der Waals surface area contributed by atoms with Gasteiger partial charge in [-0.2, -0.15) is 0 Å². The summed E-state index contributed by atoms with van der Waals surface area (Å²) in [5, 5.41) is 10.6. The minimum atomic E-state index is -3.24. The molecule has 3 saturated carbocycles. The van der Waals surface area contributed by atoms with Crippen LogP contribution >= 0.6 is 0 Å². The molecule has 1 N–H and O–H groups in total. The Hall–Kier alpha value is -1.13. The Kier molecular flexibility index (Phi) is 5.65. The van der Waals surface area contributed by atoms with Crippen molar-refractivity contribution in [2.24, 2.45) is 40.9 Å². The summed E-state index contributed by atoms with van der Waals surface area (Å²) in [5.74, 6) is 3.84. The molecule has 8 atom stereocenters. The number of benzene rings is 1. The maximum Gasteiger partial charge on any atom is 0.178 e. The average molecular weight is 457 g/mol. The number of aliphatic hydroxyl groups is 1. The summed E-state index contributed by atoms with van der Waals surface area (Å²) in [6.07, 6.45) is 11.5. The first-order valence-corrected chi connectivity index (χ1v) is 14.5. The summed E-state index contributed by atoms with van der Waals surface area (Å²) in [7, 11) is -3.24. The standard InChI is InChI=1S/C28H40O3S/c1-19(18-32(30,31)21-7-5-4-6-8-21)25-11-12-26-24-10-9-20-17-27(2,29)15-13-22(20)23(24)14-16-28(25,26)3/h4-9,19,22-26,29H,10-18H2,1-3H3/t19-,22+,23?,24-,25-,26+,27+,28-/m1/s1. The van der Waals surface area contributed by atoms with Gasteiger partial charge in [-0.05, 0) is 111 Å². The maximum absolute atomic E-state index is 13.1. The molecule has 1 aromatic rings. The second-order valence-electron chi connectivity index (χ2n) is 12.1. The van der Waals surface area contributed by atoms with Gasteiger partial charge in [0.1, 0.15) is 0 Å². The molecule has 0 saturated heterocycles. The van der Waals surface area contributed by atoms with Gasteiger partial charge in [-0.1, -0.05) is 43.7 Å². The molecule has 1 aromatic carbocycles. The number of hydrogen-bond acceptors (Lipinski definition) is 3. The molecule has 0 bridgehead atoms. The van der Waals surface area contributed by atoms with E-state index in [1.165, 1.54) is 31.3 Å². The molecule has 4 aliphatic carbocycles. The van der Waals surface area contributed by atoms with Crippen LogP contribution in [0.3, 0.4) is 0 Å². The highest BCUT2D eigenvalue weighted by Gasteiger charge is 2.57. The van der Waals surface area contributed by atoms with E-state index in [4.69, 9.17) is 0 Å². The summed E-state index contributed by atoms with van der Waals surface area (Å²) in [4.78, 5) is 0.466. The molecular weight excluding hydrogens is 416 g/mol. The van der Waals surface area contributed by atoms with Gasteiger partial charge in [0.25, 0.3) is 0 Å². The van der Waals surface area contributed by atoms with Crippen molar-refractivity contribution in [3.05, 3.63) is 42.0 Å². The first-order chi connectivity index (χ1) is 15.1. The molecule has 4 heteroatoms. The van der Waals surface area contributed by atoms with E-state index in [1.807, 2.05) is 25.1 Å². The zero-order valence-corrected chi connectivity index (χ0v) is 20.8. The highest BCUT2D eigenvalue weighted by molar-refractivity contribution is 7.91. The topological polar surface area (TPSA) is 54.4 Å². The normalized spacial score (nSPS) is 42.4. The van der Waals surface area contributed by atoms with Gasteiger partial charge in [0, 0.05) is 0 Å². The summed E-state index contributed by atoms with van der Waals surface area (Å²) in [6, 6.07) is 8.99. The van der Waals surface area contributed by atoms with E-state index in [9.17, 15) is 13.5 Å². The van der Waals surface area contributed by atoms with E-state index in [-0.39, 0.29) is 17.1 Å². The van der Waals surface area contributed by atoms with Gasteiger partial charge < -0.3 is 5.11 Å². The molecule has 0 aliphatic heterocycles. The minimum absolute atomic E-state index is 0.186. The molecule has 3 nitrogen and oxygen atoms in total. The Bertz CT molecular complexity index is 979. The van der Waals surface area contributed by atoms with Gasteiger partial charge >= 0.3 is 0 Å². The van der Waals surface area contributed by atoms with Gasteiger partial charge in [-0.25, -0.2) is 8.42 Å². The third-order valence-corrected chi connectivity index (χ3v) is 12.0. The molecule has 176 valence electrons. The van der Waals surface area contributed by atoms with Crippen LogP contribution in [0.5, 0.6) is 0 Å². The number of sulfone groups is 1. The Morgan fingerprint density at radius 2 is 1.78 bits per heavy atom. The van der Waals surface area contributed by atoms with E-state index < -0.39 is 15.4 Å². The zero-order valence-electron chi connectivity index (χ0n) is 20.0. The molecular formula is C28H40O3S. The van der Waals surface area contributed by atoms with Crippen LogP contribution in [-0.2, 0) is 9.84 Å². The highest BCUT2D eigenvalue weighted by atomic mass is 32.2.